The number of anilines is 3. The summed E-state index contributed by atoms with van der Waals surface area (Å²) in [6.45, 7) is 3.25. The summed E-state index contributed by atoms with van der Waals surface area (Å²) in [5, 5.41) is 57.6. The van der Waals surface area contributed by atoms with Crippen LogP contribution in [0, 0.1) is 47.9 Å². The number of nitrogen functional groups attached to an aromatic ring is 3. The molecule has 0 radical (unpaired) electrons. The van der Waals surface area contributed by atoms with Crippen LogP contribution in [0.4, 0.5) is 17.5 Å². The Bertz CT molecular complexity index is 5960. The number of nitrogens with two attached hydrogens (primary N) is 5. The predicted molar refractivity (Wildman–Crippen MR) is 488 cm³/mol. The Morgan fingerprint density at radius 1 is 0.422 bits per heavy atom. The lowest BCUT2D eigenvalue weighted by Gasteiger charge is -2.19. The van der Waals surface area contributed by atoms with Crippen LogP contribution in [0.3, 0.4) is 0 Å². The molecule has 13 atom stereocenters. The van der Waals surface area contributed by atoms with Gasteiger partial charge in [-0.05, 0) is 27.7 Å². The number of nitrogens with zero attached hydrogens (tertiary/aromatic N) is 9. The zero-order valence-corrected chi connectivity index (χ0v) is 82.2. The van der Waals surface area contributed by atoms with Gasteiger partial charge >= 0.3 is 82.8 Å². The number of hydrogen-bond acceptors (Lipinski definition) is 50. The number of carbonyl (C=O) groups excluding carboxylic acids is 8. The Hall–Kier alpha value is -11.6. The molecule has 9 rings (SSSR count). The van der Waals surface area contributed by atoms with E-state index < -0.39 is 189 Å². The first-order chi connectivity index (χ1) is 68.7. The van der Waals surface area contributed by atoms with E-state index in [1.165, 1.54) is 34.2 Å². The van der Waals surface area contributed by atoms with Gasteiger partial charge in [0.25, 0.3) is 0 Å². The van der Waals surface area contributed by atoms with Crippen molar-refractivity contribution >= 4 is 157 Å². The van der Waals surface area contributed by atoms with Gasteiger partial charge in [0.05, 0.1) is 97.4 Å². The lowest BCUT2D eigenvalue weighted by molar-refractivity contribution is -0.155. The fraction of sp³-hybridized carbons (Fsp3) is 0.514. The number of aliphatic carboxylic acids is 2. The standard InChI is InChI=1S/C20H28N5O16P3.C20H25N5O7.C18H24N5O16P3.C9H13NO4.C4H9NO3.C2H5NO3.CH4/c1-2-36-17(28)10-37-24-15(27)6-4-3-5-12-8-25(20-18(12)19(21)22-11-23-20)16-7-13(26)14(39-16)9-38-43(32,33)41-44(34,35)40-42(29,30)31;1-2-30-17(29)10-31-24-15(28)6-4-3-5-12-8-25(16-7-13(27)14(9-26)32-16)20-18(12)19(21)22-11-23-20;19-17-16-10(3-1-2-4-13(25)22-35-8-15(26)27)6-23(18(16)21-9-20-17)14-5-11(24)12(37-14)7-36-41(31,32)39-42(33,34)38-40(28,29)30;1-3-5-6-8(11)10-14-7-9(12)13-4-2;1-2-7-4(6)3-8-5;3-6-1-2(4)5;/h8,11,13-14,16,26H,2,4,6-7,9-10H2,1H3,(H,24,27)(H,32,33)(H,34,35)(H2,21,22,23)(H2,29,30,31);8,11,13-14,16,26-27H,2,4,6-7,9-10H2,1H3,(H,24,28)(H2,21,22,23);6,9,11-12,14,24H,2,4-5,7-8H2,(H,22,25)(H,26,27)(H,31,32)(H,33,34)(H2,19,20,21)(H2,28,29,30);1H,4-7H2,2H3,(H,10,11);2-3,5H2,1H3;1,3H2,(H,4,5);1H4. The molecule has 28 N–H and O–H groups in total. The zero-order valence-electron chi connectivity index (χ0n) is 76.9. The van der Waals surface area contributed by atoms with Gasteiger partial charge < -0.3 is 134 Å². The van der Waals surface area contributed by atoms with Gasteiger partial charge in [0.15, 0.2) is 39.6 Å². The van der Waals surface area contributed by atoms with E-state index in [9.17, 15) is 115 Å². The van der Waals surface area contributed by atoms with E-state index in [0.29, 0.717) is 51.5 Å². The number of phosphoric ester groups is 2. The minimum Gasteiger partial charge on any atom is -0.479 e. The van der Waals surface area contributed by atoms with Crippen molar-refractivity contribution in [2.24, 2.45) is 11.8 Å². The third-order valence-corrected chi connectivity index (χ3v) is 24.6. The number of phosphoric acid groups is 6. The van der Waals surface area contributed by atoms with Crippen LogP contribution in [-0.4, -0.2) is 295 Å². The maximum Gasteiger partial charge on any atom is 0.490 e. The van der Waals surface area contributed by atoms with Crippen LogP contribution in [0.1, 0.15) is 141 Å². The molecule has 6 aromatic heterocycles. The molecule has 3 aliphatic rings. The summed E-state index contributed by atoms with van der Waals surface area (Å²) in [6.07, 6.45) is 4.91. The summed E-state index contributed by atoms with van der Waals surface area (Å²) in [6, 6.07) is 0. The van der Waals surface area contributed by atoms with Crippen molar-refractivity contribution < 1.29 is 234 Å². The third-order valence-electron chi connectivity index (χ3n) is 17.0. The van der Waals surface area contributed by atoms with Crippen molar-refractivity contribution in [2.75, 3.05) is 103 Å². The Morgan fingerprint density at radius 3 is 0.959 bits per heavy atom. The summed E-state index contributed by atoms with van der Waals surface area (Å²) in [7, 11) is -33.5. The molecule has 3 aliphatic heterocycles. The Balaban J connectivity index is 0.000000501. The minimum absolute atomic E-state index is 0. The number of ether oxygens (including phenoxy) is 7. The molecule has 6 aromatic rings. The van der Waals surface area contributed by atoms with Crippen molar-refractivity contribution in [3.05, 3.63) is 54.3 Å². The second-order valence-corrected chi connectivity index (χ2v) is 36.8. The van der Waals surface area contributed by atoms with Gasteiger partial charge in [-0.2, -0.15) is 17.2 Å². The molecule has 818 valence electrons. The molecular formula is C74H108N18O49P6. The molecule has 3 saturated heterocycles. The molecule has 9 heterocycles. The van der Waals surface area contributed by atoms with Crippen molar-refractivity contribution in [1.82, 2.24) is 65.5 Å². The van der Waals surface area contributed by atoms with Gasteiger partial charge in [0.1, 0.15) is 90.4 Å². The smallest absolute Gasteiger partial charge is 0.479 e. The number of nitrogens with one attached hydrogen (secondary N) is 4. The number of fused-ring (bicyclic) bond motifs is 3. The molecule has 13 unspecified atom stereocenters. The Kier molecular flexibility index (Phi) is 57.0. The van der Waals surface area contributed by atoms with Gasteiger partial charge in [0, 0.05) is 89.2 Å². The minimum atomic E-state index is -5.73. The first-order valence-electron chi connectivity index (χ1n) is 41.4. The molecular weight excluding hydrogens is 2110 g/mol. The van der Waals surface area contributed by atoms with Crippen LogP contribution in [0.2, 0.25) is 0 Å². The van der Waals surface area contributed by atoms with Crippen LogP contribution in [0.25, 0.3) is 33.1 Å². The maximum absolute atomic E-state index is 12.0. The number of terminal acetylenes is 1. The van der Waals surface area contributed by atoms with Crippen molar-refractivity contribution in [2.45, 2.75) is 161 Å². The highest BCUT2D eigenvalue weighted by Crippen LogP contribution is 2.68. The van der Waals surface area contributed by atoms with E-state index >= 15 is 0 Å². The fourth-order valence-corrected chi connectivity index (χ4v) is 17.4. The van der Waals surface area contributed by atoms with Crippen LogP contribution in [0.15, 0.2) is 37.6 Å². The predicted octanol–water partition coefficient (Wildman–Crippen LogP) is -2.54. The van der Waals surface area contributed by atoms with E-state index in [-0.39, 0.29) is 153 Å². The SMILES string of the molecule is C.C#CCCC(=O)NOCC(=O)OCC.CCOC(=O)CON.CCOC(=O)CONC(=O)CCC#Cc1cn(C2CC(O)C(CO)O2)c2ncnc(N)c12.CCOC(=O)CONC(=O)CCC#Cc1cn(C2CC(O)C(COP(=O)(O)OP(=O)(O)OP(=O)(O)O)O2)c2ncnc(N)c12.NOCC(=O)O.Nc1ncnc2c1c(C#CCCC(=O)NOCC(=O)O)cn2C1CC(O)C(COP(=O)(O)OP(=O)(O)OP(=O)(O)O)O1. The van der Waals surface area contributed by atoms with Crippen LogP contribution < -0.4 is 50.9 Å². The number of hydroxylamine groups is 4. The zero-order chi connectivity index (χ0) is 109. The molecule has 67 nitrogen and oxygen atoms in total. The summed E-state index contributed by atoms with van der Waals surface area (Å²) in [4.78, 5) is 232. The maximum atomic E-state index is 12.0. The lowest BCUT2D eigenvalue weighted by Crippen LogP contribution is -2.27. The number of hydrogen-bond donors (Lipinski definition) is 23. The second kappa shape index (κ2) is 64.6. The molecule has 3 fully saturated rings. The highest BCUT2D eigenvalue weighted by atomic mass is 31.3. The number of carboxylic acids is 2. The number of carboxylic acid groups (broad SMARTS) is 2. The first-order valence-corrected chi connectivity index (χ1v) is 50.5. The van der Waals surface area contributed by atoms with Crippen LogP contribution >= 0.6 is 46.9 Å². The summed E-state index contributed by atoms with van der Waals surface area (Å²) < 4.78 is 132. The second-order valence-electron chi connectivity index (χ2n) is 28.0. The molecule has 0 aliphatic carbocycles. The molecule has 0 bridgehead atoms. The van der Waals surface area contributed by atoms with Crippen molar-refractivity contribution in [1.29, 1.82) is 0 Å². The Morgan fingerprint density at radius 2 is 0.701 bits per heavy atom. The number of esters is 4. The third kappa shape index (κ3) is 49.0. The number of aliphatic hydroxyl groups excluding tert-OH is 4. The number of aromatic nitrogens is 9. The van der Waals surface area contributed by atoms with Crippen LogP contribution in [-0.2, 0) is 164 Å². The monoisotopic (exact) mass is 2220 g/mol. The molecule has 0 saturated carbocycles. The number of rotatable bonds is 46. The number of aliphatic hydroxyl groups is 4. The summed E-state index contributed by atoms with van der Waals surface area (Å²) >= 11 is 0. The highest BCUT2D eigenvalue weighted by Gasteiger charge is 2.46. The number of carbonyl (C=O) groups is 10. The summed E-state index contributed by atoms with van der Waals surface area (Å²) in [5.41, 5.74) is 28.5. The highest BCUT2D eigenvalue weighted by molar-refractivity contribution is 7.67. The van der Waals surface area contributed by atoms with Crippen LogP contribution in [0.5, 0.6) is 0 Å². The molecule has 0 aromatic carbocycles. The van der Waals surface area contributed by atoms with Gasteiger partial charge in [-0.25, -0.2) is 120 Å². The molecule has 4 amide bonds. The fourth-order valence-electron chi connectivity index (χ4n) is 11.4. The lowest BCUT2D eigenvalue weighted by atomic mass is 10.2. The molecule has 73 heteroatoms. The van der Waals surface area contributed by atoms with Gasteiger partial charge in [0.2, 0.25) is 23.6 Å². The first kappa shape index (κ1) is 130. The largest absolute Gasteiger partial charge is 0.490 e. The molecule has 147 heavy (non-hydrogen) atoms. The van der Waals surface area contributed by atoms with E-state index in [0.717, 1.165) is 6.33 Å². The average Bonchev–Trinajstić information content (AvgIpc) is 1.62. The van der Waals surface area contributed by atoms with Gasteiger partial charge in [-0.1, -0.05) is 42.9 Å². The topological polar surface area (TPSA) is 1000 Å². The van der Waals surface area contributed by atoms with E-state index in [1.807, 2.05) is 5.48 Å². The average molecular weight is 2220 g/mol. The van der Waals surface area contributed by atoms with Crippen molar-refractivity contribution in [3.63, 3.8) is 0 Å². The summed E-state index contributed by atoms with van der Waals surface area (Å²) in [5.74, 6) is 22.2. The quantitative estimate of drug-likeness (QED) is 0.00616. The molecule has 0 spiro atoms. The van der Waals surface area contributed by atoms with Gasteiger partial charge in [-0.15, -0.1) is 12.3 Å². The van der Waals surface area contributed by atoms with E-state index in [4.69, 9.17) is 77.3 Å². The van der Waals surface area contributed by atoms with E-state index in [1.54, 1.807) is 38.5 Å². The normalized spacial score (nSPS) is 18.6. The number of amides is 4. The van der Waals surface area contributed by atoms with Crippen molar-refractivity contribution in [3.8, 4) is 47.9 Å². The van der Waals surface area contributed by atoms with E-state index in [2.05, 4.69) is 164 Å². The van der Waals surface area contributed by atoms with Gasteiger partial charge in [-0.3, -0.25) is 57.3 Å². The Labute approximate surface area is 830 Å².